The minimum absolute atomic E-state index is 0.0185. The van der Waals surface area contributed by atoms with Crippen molar-refractivity contribution in [2.24, 2.45) is 0 Å². The first-order valence-electron chi connectivity index (χ1n) is 7.12. The Kier molecular flexibility index (Phi) is 5.68. The molecule has 2 aromatic carbocycles. The zero-order valence-corrected chi connectivity index (χ0v) is 12.8. The monoisotopic (exact) mass is 340 g/mol. The lowest BCUT2D eigenvalue weighted by molar-refractivity contribution is -0.153. The molecule has 4 nitrogen and oxygen atoms in total. The minimum atomic E-state index is -4.41. The lowest BCUT2D eigenvalue weighted by Crippen LogP contribution is -2.19. The molecule has 0 amide bonds. The third-order valence-corrected chi connectivity index (χ3v) is 2.84. The lowest BCUT2D eigenvalue weighted by Gasteiger charge is -2.09. The van der Waals surface area contributed by atoms with E-state index in [0.29, 0.717) is 18.1 Å². The van der Waals surface area contributed by atoms with E-state index in [2.05, 4.69) is 4.74 Å². The molecule has 7 heteroatoms. The molecule has 0 spiro atoms. The SMILES string of the molecule is CCOc1ccc(OC(=O)c2ccc(OCC(F)(F)F)cc2)cc1. The summed E-state index contributed by atoms with van der Waals surface area (Å²) in [5.41, 5.74) is 0.197. The molecule has 2 aromatic rings. The number of halogens is 3. The highest BCUT2D eigenvalue weighted by molar-refractivity contribution is 5.91. The summed E-state index contributed by atoms with van der Waals surface area (Å²) < 4.78 is 51.2. The van der Waals surface area contributed by atoms with E-state index in [1.807, 2.05) is 6.92 Å². The second-order valence-corrected chi connectivity index (χ2v) is 4.72. The molecule has 2 rings (SSSR count). The van der Waals surface area contributed by atoms with Crippen molar-refractivity contribution in [2.45, 2.75) is 13.1 Å². The molecular formula is C17H15F3O4. The maximum Gasteiger partial charge on any atom is 0.422 e. The number of rotatable bonds is 6. The molecule has 24 heavy (non-hydrogen) atoms. The van der Waals surface area contributed by atoms with E-state index in [-0.39, 0.29) is 11.3 Å². The van der Waals surface area contributed by atoms with E-state index in [9.17, 15) is 18.0 Å². The topological polar surface area (TPSA) is 44.8 Å². The first kappa shape index (κ1) is 17.7. The number of carbonyl (C=O) groups is 1. The Hall–Kier alpha value is -2.70. The second-order valence-electron chi connectivity index (χ2n) is 4.72. The van der Waals surface area contributed by atoms with Crippen LogP contribution in [0.15, 0.2) is 48.5 Å². The predicted octanol–water partition coefficient (Wildman–Crippen LogP) is 4.25. The summed E-state index contributed by atoms with van der Waals surface area (Å²) in [6.07, 6.45) is -4.41. The minimum Gasteiger partial charge on any atom is -0.494 e. The second kappa shape index (κ2) is 7.72. The van der Waals surface area contributed by atoms with Gasteiger partial charge in [-0.1, -0.05) is 0 Å². The Morgan fingerprint density at radius 3 is 1.92 bits per heavy atom. The normalized spacial score (nSPS) is 11.0. The Morgan fingerprint density at radius 1 is 0.875 bits per heavy atom. The number of carbonyl (C=O) groups excluding carboxylic acids is 1. The van der Waals surface area contributed by atoms with E-state index in [1.165, 1.54) is 24.3 Å². The van der Waals surface area contributed by atoms with Crippen LogP contribution < -0.4 is 14.2 Å². The summed E-state index contributed by atoms with van der Waals surface area (Å²) >= 11 is 0. The highest BCUT2D eigenvalue weighted by atomic mass is 19.4. The number of hydrogen-bond donors (Lipinski definition) is 0. The Balaban J connectivity index is 1.94. The maximum absolute atomic E-state index is 12.1. The van der Waals surface area contributed by atoms with Crippen molar-refractivity contribution in [3.63, 3.8) is 0 Å². The Morgan fingerprint density at radius 2 is 1.38 bits per heavy atom. The van der Waals surface area contributed by atoms with Gasteiger partial charge in [-0.25, -0.2) is 4.79 Å². The summed E-state index contributed by atoms with van der Waals surface area (Å²) in [6.45, 7) is 1.00. The third kappa shape index (κ3) is 5.49. The molecule has 0 aliphatic heterocycles. The van der Waals surface area contributed by atoms with Crippen LogP contribution in [-0.4, -0.2) is 25.4 Å². The zero-order chi connectivity index (χ0) is 17.6. The van der Waals surface area contributed by atoms with Crippen LogP contribution in [0.4, 0.5) is 13.2 Å². The Labute approximate surface area is 136 Å². The predicted molar refractivity (Wildman–Crippen MR) is 80.6 cm³/mol. The fraction of sp³-hybridized carbons (Fsp3) is 0.235. The van der Waals surface area contributed by atoms with Gasteiger partial charge in [-0.15, -0.1) is 0 Å². The van der Waals surface area contributed by atoms with E-state index >= 15 is 0 Å². The van der Waals surface area contributed by atoms with Crippen molar-refractivity contribution >= 4 is 5.97 Å². The van der Waals surface area contributed by atoms with Crippen LogP contribution in [0.3, 0.4) is 0 Å². The van der Waals surface area contributed by atoms with Gasteiger partial charge >= 0.3 is 12.1 Å². The molecule has 0 radical (unpaired) electrons. The molecule has 0 aliphatic carbocycles. The number of esters is 1. The molecule has 0 bridgehead atoms. The van der Waals surface area contributed by atoms with Gasteiger partial charge in [-0.05, 0) is 55.5 Å². The number of hydrogen-bond acceptors (Lipinski definition) is 4. The molecule has 0 saturated heterocycles. The van der Waals surface area contributed by atoms with Crippen molar-refractivity contribution < 1.29 is 32.2 Å². The van der Waals surface area contributed by atoms with Gasteiger partial charge in [-0.3, -0.25) is 0 Å². The first-order chi connectivity index (χ1) is 11.4. The van der Waals surface area contributed by atoms with Gasteiger partial charge in [0.15, 0.2) is 6.61 Å². The van der Waals surface area contributed by atoms with Crippen LogP contribution in [0.1, 0.15) is 17.3 Å². The van der Waals surface area contributed by atoms with E-state index < -0.39 is 18.8 Å². The van der Waals surface area contributed by atoms with Crippen LogP contribution in [0.5, 0.6) is 17.2 Å². The molecule has 0 unspecified atom stereocenters. The van der Waals surface area contributed by atoms with Crippen molar-refractivity contribution in [1.29, 1.82) is 0 Å². The fourth-order valence-electron chi connectivity index (χ4n) is 1.79. The van der Waals surface area contributed by atoms with Gasteiger partial charge in [0.1, 0.15) is 17.2 Å². The van der Waals surface area contributed by atoms with Gasteiger partial charge in [0.2, 0.25) is 0 Å². The third-order valence-electron chi connectivity index (χ3n) is 2.84. The highest BCUT2D eigenvalue weighted by Gasteiger charge is 2.28. The summed E-state index contributed by atoms with van der Waals surface area (Å²) in [7, 11) is 0. The average molecular weight is 340 g/mol. The van der Waals surface area contributed by atoms with Crippen LogP contribution in [0, 0.1) is 0 Å². The summed E-state index contributed by atoms with van der Waals surface area (Å²) in [5.74, 6) is 0.385. The van der Waals surface area contributed by atoms with Gasteiger partial charge in [0.05, 0.1) is 12.2 Å². The van der Waals surface area contributed by atoms with Crippen molar-refractivity contribution in [3.05, 3.63) is 54.1 Å². The molecule has 128 valence electrons. The van der Waals surface area contributed by atoms with Crippen molar-refractivity contribution in [3.8, 4) is 17.2 Å². The number of alkyl halides is 3. The van der Waals surface area contributed by atoms with Crippen molar-refractivity contribution in [1.82, 2.24) is 0 Å². The summed E-state index contributed by atoms with van der Waals surface area (Å²) in [5, 5.41) is 0. The molecule has 0 atom stereocenters. The van der Waals surface area contributed by atoms with Crippen LogP contribution >= 0.6 is 0 Å². The molecule has 0 fully saturated rings. The molecule has 0 N–H and O–H groups in total. The smallest absolute Gasteiger partial charge is 0.422 e. The quantitative estimate of drug-likeness (QED) is 0.583. The molecular weight excluding hydrogens is 325 g/mol. The number of benzene rings is 2. The van der Waals surface area contributed by atoms with Crippen molar-refractivity contribution in [2.75, 3.05) is 13.2 Å². The molecule has 0 saturated carbocycles. The Bertz CT molecular complexity index is 664. The van der Waals surface area contributed by atoms with Crippen LogP contribution in [0.25, 0.3) is 0 Å². The average Bonchev–Trinajstić information content (AvgIpc) is 2.55. The van der Waals surface area contributed by atoms with Gasteiger partial charge < -0.3 is 14.2 Å². The largest absolute Gasteiger partial charge is 0.494 e. The summed E-state index contributed by atoms with van der Waals surface area (Å²) in [6, 6.07) is 11.7. The van der Waals surface area contributed by atoms with Gasteiger partial charge in [0.25, 0.3) is 0 Å². The van der Waals surface area contributed by atoms with Crippen LogP contribution in [-0.2, 0) is 0 Å². The standard InChI is InChI=1S/C17H15F3O4/c1-2-22-13-7-9-15(10-8-13)24-16(21)12-3-5-14(6-4-12)23-11-17(18,19)20/h3-10H,2,11H2,1H3. The molecule has 0 aliphatic rings. The van der Waals surface area contributed by atoms with Gasteiger partial charge in [0, 0.05) is 0 Å². The van der Waals surface area contributed by atoms with Crippen LogP contribution in [0.2, 0.25) is 0 Å². The lowest BCUT2D eigenvalue weighted by atomic mass is 10.2. The zero-order valence-electron chi connectivity index (χ0n) is 12.8. The van der Waals surface area contributed by atoms with E-state index in [1.54, 1.807) is 24.3 Å². The van der Waals surface area contributed by atoms with E-state index in [0.717, 1.165) is 0 Å². The molecule has 0 aromatic heterocycles. The molecule has 0 heterocycles. The fourth-order valence-corrected chi connectivity index (χ4v) is 1.79. The number of ether oxygens (including phenoxy) is 3. The summed E-state index contributed by atoms with van der Waals surface area (Å²) in [4.78, 5) is 12.0. The highest BCUT2D eigenvalue weighted by Crippen LogP contribution is 2.21. The maximum atomic E-state index is 12.1. The van der Waals surface area contributed by atoms with Gasteiger partial charge in [-0.2, -0.15) is 13.2 Å². The van der Waals surface area contributed by atoms with E-state index in [4.69, 9.17) is 9.47 Å². The first-order valence-corrected chi connectivity index (χ1v) is 7.12.